The Kier molecular flexibility index (Phi) is 4.73. The van der Waals surface area contributed by atoms with Crippen molar-refractivity contribution in [3.05, 3.63) is 89.2 Å². The third-order valence-electron chi connectivity index (χ3n) is 7.98. The molecule has 1 aromatic heterocycles. The lowest BCUT2D eigenvalue weighted by Crippen LogP contribution is -2.58. The second-order valence-electron chi connectivity index (χ2n) is 11.1. The molecule has 0 fully saturated rings. The summed E-state index contributed by atoms with van der Waals surface area (Å²) >= 11 is 0. The van der Waals surface area contributed by atoms with E-state index in [2.05, 4.69) is 106 Å². The molecule has 3 heterocycles. The summed E-state index contributed by atoms with van der Waals surface area (Å²) < 4.78 is 2.26. The summed E-state index contributed by atoms with van der Waals surface area (Å²) in [7, 11) is 0. The Labute approximate surface area is 208 Å². The number of hydrogen-bond donors (Lipinski definition) is 1. The lowest BCUT2D eigenvalue weighted by molar-refractivity contribution is 0.476. The molecule has 6 rings (SSSR count). The van der Waals surface area contributed by atoms with E-state index in [1.54, 1.807) is 0 Å². The van der Waals surface area contributed by atoms with Gasteiger partial charge in [-0.25, -0.2) is 4.98 Å². The molecular formula is C30H32BN3O. The zero-order chi connectivity index (χ0) is 24.6. The quantitative estimate of drug-likeness (QED) is 0.353. The van der Waals surface area contributed by atoms with Crippen LogP contribution in [0.1, 0.15) is 75.6 Å². The molecule has 0 spiro atoms. The van der Waals surface area contributed by atoms with Crippen molar-refractivity contribution in [2.45, 2.75) is 58.8 Å². The van der Waals surface area contributed by atoms with Gasteiger partial charge in [0.1, 0.15) is 11.6 Å². The SMILES string of the molecule is CC(C)c1cccc(C(C)C)c1B1N2c3ccccc3C(C)(C)c3ccc(O)c(c32)-c2nccn21. The highest BCUT2D eigenvalue weighted by molar-refractivity contribution is 6.78. The first kappa shape index (κ1) is 22.0. The van der Waals surface area contributed by atoms with Crippen LogP contribution in [0.2, 0.25) is 0 Å². The summed E-state index contributed by atoms with van der Waals surface area (Å²) in [5.41, 5.74) is 9.44. The predicted molar refractivity (Wildman–Crippen MR) is 145 cm³/mol. The molecule has 5 heteroatoms. The second-order valence-corrected chi connectivity index (χ2v) is 11.1. The van der Waals surface area contributed by atoms with E-state index >= 15 is 0 Å². The molecule has 0 saturated heterocycles. The van der Waals surface area contributed by atoms with E-state index in [1.165, 1.54) is 33.4 Å². The minimum absolute atomic E-state index is 0.103. The first-order chi connectivity index (χ1) is 16.7. The first-order valence-electron chi connectivity index (χ1n) is 12.6. The van der Waals surface area contributed by atoms with Crippen LogP contribution >= 0.6 is 0 Å². The van der Waals surface area contributed by atoms with Crippen LogP contribution in [0, 0.1) is 0 Å². The number of imidazole rings is 1. The van der Waals surface area contributed by atoms with Crippen LogP contribution in [0.15, 0.2) is 67.0 Å². The van der Waals surface area contributed by atoms with Crippen LogP contribution < -0.4 is 10.3 Å². The summed E-state index contributed by atoms with van der Waals surface area (Å²) in [6.45, 7) is 13.6. The van der Waals surface area contributed by atoms with E-state index in [1.807, 2.05) is 12.3 Å². The third-order valence-corrected chi connectivity index (χ3v) is 7.98. The summed E-state index contributed by atoms with van der Waals surface area (Å²) in [6.07, 6.45) is 3.93. The van der Waals surface area contributed by atoms with Gasteiger partial charge in [-0.1, -0.05) is 84.0 Å². The molecule has 176 valence electrons. The zero-order valence-electron chi connectivity index (χ0n) is 21.4. The number of phenols is 1. The van der Waals surface area contributed by atoms with Gasteiger partial charge in [-0.15, -0.1) is 0 Å². The molecule has 2 aliphatic rings. The standard InChI is InChI=1S/C30H32BN3O/c1-18(2)20-10-9-11-21(19(3)4)27(20)31-33-17-16-32-29(33)26-25(35)15-14-23-28(26)34(31)24-13-8-7-12-22(24)30(23,5)6/h7-19,35H,1-6H3. The molecule has 0 atom stereocenters. The molecule has 35 heavy (non-hydrogen) atoms. The van der Waals surface area contributed by atoms with E-state index in [0.717, 1.165) is 17.1 Å². The monoisotopic (exact) mass is 461 g/mol. The Morgan fingerprint density at radius 3 is 2.23 bits per heavy atom. The number of rotatable bonds is 3. The van der Waals surface area contributed by atoms with Crippen LogP contribution in [0.4, 0.5) is 11.4 Å². The van der Waals surface area contributed by atoms with Crippen LogP contribution in [0.3, 0.4) is 0 Å². The van der Waals surface area contributed by atoms with Crippen molar-refractivity contribution in [1.29, 1.82) is 0 Å². The van der Waals surface area contributed by atoms with Crippen LogP contribution in [-0.2, 0) is 5.41 Å². The molecule has 0 bridgehead atoms. The number of fused-ring (bicyclic) bond motifs is 4. The third kappa shape index (κ3) is 2.90. The molecule has 4 nitrogen and oxygen atoms in total. The van der Waals surface area contributed by atoms with Gasteiger partial charge in [-0.05, 0) is 51.7 Å². The minimum Gasteiger partial charge on any atom is -0.507 e. The fraction of sp³-hybridized carbons (Fsp3) is 0.300. The normalized spacial score (nSPS) is 15.3. The van der Waals surface area contributed by atoms with Gasteiger partial charge >= 0.3 is 6.98 Å². The molecular weight excluding hydrogens is 429 g/mol. The maximum absolute atomic E-state index is 11.2. The number of hydrogen-bond acceptors (Lipinski definition) is 3. The largest absolute Gasteiger partial charge is 0.507 e. The number of benzene rings is 3. The predicted octanol–water partition coefficient (Wildman–Crippen LogP) is 6.54. The van der Waals surface area contributed by atoms with Crippen molar-refractivity contribution >= 4 is 23.8 Å². The molecule has 4 aromatic rings. The van der Waals surface area contributed by atoms with Crippen LogP contribution in [0.25, 0.3) is 11.4 Å². The number of anilines is 2. The second kappa shape index (κ2) is 7.51. The molecule has 0 radical (unpaired) electrons. The molecule has 2 aliphatic heterocycles. The molecule has 0 aliphatic carbocycles. The lowest BCUT2D eigenvalue weighted by Gasteiger charge is -2.48. The topological polar surface area (TPSA) is 41.3 Å². The van der Waals surface area contributed by atoms with Gasteiger partial charge in [-0.2, -0.15) is 0 Å². The highest BCUT2D eigenvalue weighted by Gasteiger charge is 2.48. The van der Waals surface area contributed by atoms with Crippen LogP contribution in [-0.4, -0.2) is 21.6 Å². The highest BCUT2D eigenvalue weighted by Crippen LogP contribution is 2.56. The Morgan fingerprint density at radius 2 is 1.54 bits per heavy atom. The van der Waals surface area contributed by atoms with E-state index in [9.17, 15) is 5.11 Å². The Hall–Kier alpha value is -3.47. The first-order valence-corrected chi connectivity index (χ1v) is 12.6. The van der Waals surface area contributed by atoms with Crippen molar-refractivity contribution in [2.24, 2.45) is 0 Å². The maximum atomic E-state index is 11.2. The van der Waals surface area contributed by atoms with Crippen molar-refractivity contribution in [1.82, 2.24) is 9.46 Å². The number of para-hydroxylation sites is 1. The summed E-state index contributed by atoms with van der Waals surface area (Å²) in [6, 6.07) is 19.4. The summed E-state index contributed by atoms with van der Waals surface area (Å²) in [5.74, 6) is 1.84. The number of nitrogens with zero attached hydrogens (tertiary/aromatic N) is 3. The minimum atomic E-state index is -0.206. The fourth-order valence-electron chi connectivity index (χ4n) is 6.29. The average molecular weight is 461 g/mol. The van der Waals surface area contributed by atoms with Gasteiger partial charge in [0.2, 0.25) is 0 Å². The van der Waals surface area contributed by atoms with Gasteiger partial charge in [0.15, 0.2) is 0 Å². The lowest BCUT2D eigenvalue weighted by atomic mass is 9.55. The van der Waals surface area contributed by atoms with Crippen molar-refractivity contribution in [2.75, 3.05) is 4.81 Å². The van der Waals surface area contributed by atoms with Crippen molar-refractivity contribution in [3.8, 4) is 17.1 Å². The van der Waals surface area contributed by atoms with Crippen molar-refractivity contribution < 1.29 is 5.11 Å². The number of aromatic nitrogens is 2. The number of aromatic hydroxyl groups is 1. The van der Waals surface area contributed by atoms with E-state index < -0.39 is 0 Å². The van der Waals surface area contributed by atoms with E-state index in [0.29, 0.717) is 11.8 Å². The van der Waals surface area contributed by atoms with Gasteiger partial charge in [0, 0.05) is 29.2 Å². The van der Waals surface area contributed by atoms with Crippen molar-refractivity contribution in [3.63, 3.8) is 0 Å². The molecule has 0 saturated carbocycles. The average Bonchev–Trinajstić information content (AvgIpc) is 3.31. The Morgan fingerprint density at radius 1 is 0.857 bits per heavy atom. The molecule has 3 aromatic carbocycles. The van der Waals surface area contributed by atoms with Gasteiger partial charge < -0.3 is 14.4 Å². The fourth-order valence-corrected chi connectivity index (χ4v) is 6.29. The van der Waals surface area contributed by atoms with Gasteiger partial charge in [-0.3, -0.25) is 0 Å². The van der Waals surface area contributed by atoms with Gasteiger partial charge in [0.05, 0.1) is 5.56 Å². The van der Waals surface area contributed by atoms with Gasteiger partial charge in [0.25, 0.3) is 0 Å². The molecule has 0 unspecified atom stereocenters. The summed E-state index contributed by atoms with van der Waals surface area (Å²) in [5, 5.41) is 11.2. The highest BCUT2D eigenvalue weighted by atomic mass is 16.3. The van der Waals surface area contributed by atoms with Crippen LogP contribution in [0.5, 0.6) is 5.75 Å². The zero-order valence-corrected chi connectivity index (χ0v) is 21.4. The Balaban J connectivity index is 1.78. The smallest absolute Gasteiger partial charge is 0.422 e. The molecule has 1 N–H and O–H groups in total. The Bertz CT molecular complexity index is 1440. The summed E-state index contributed by atoms with van der Waals surface area (Å²) in [4.78, 5) is 7.26. The maximum Gasteiger partial charge on any atom is 0.422 e. The molecule has 0 amide bonds. The van der Waals surface area contributed by atoms with E-state index in [4.69, 9.17) is 4.98 Å². The number of phenolic OH excluding ortho intramolecular Hbond substituents is 1. The van der Waals surface area contributed by atoms with E-state index in [-0.39, 0.29) is 18.1 Å².